The number of rotatable bonds is 5. The van der Waals surface area contributed by atoms with Gasteiger partial charge in [-0.15, -0.1) is 11.3 Å². The molecule has 1 aliphatic rings. The van der Waals surface area contributed by atoms with Gasteiger partial charge in [0, 0.05) is 11.1 Å². The summed E-state index contributed by atoms with van der Waals surface area (Å²) in [4.78, 5) is 6.66. The van der Waals surface area contributed by atoms with Crippen molar-refractivity contribution in [2.45, 2.75) is 26.3 Å². The van der Waals surface area contributed by atoms with Gasteiger partial charge in [-0.3, -0.25) is 4.90 Å². The summed E-state index contributed by atoms with van der Waals surface area (Å²) in [7, 11) is -0.658. The van der Waals surface area contributed by atoms with E-state index in [0.29, 0.717) is 17.4 Å². The van der Waals surface area contributed by atoms with E-state index in [1.54, 1.807) is 11.3 Å². The van der Waals surface area contributed by atoms with Crippen LogP contribution in [0.3, 0.4) is 0 Å². The predicted octanol–water partition coefficient (Wildman–Crippen LogP) is 1.71. The van der Waals surface area contributed by atoms with E-state index in [0.717, 1.165) is 36.6 Å². The van der Waals surface area contributed by atoms with Crippen LogP contribution in [0.2, 0.25) is 0 Å². The number of thiazole rings is 1. The molecule has 0 radical (unpaired) electrons. The zero-order valence-corrected chi connectivity index (χ0v) is 12.6. The van der Waals surface area contributed by atoms with Gasteiger partial charge in [-0.25, -0.2) is 13.4 Å². The largest absolute Gasteiger partial charge is 0.300 e. The van der Waals surface area contributed by atoms with Crippen LogP contribution in [0.15, 0.2) is 5.38 Å². The van der Waals surface area contributed by atoms with Gasteiger partial charge in [-0.1, -0.05) is 0 Å². The Morgan fingerprint density at radius 1 is 1.56 bits per heavy atom. The van der Waals surface area contributed by atoms with Gasteiger partial charge in [0.25, 0.3) is 0 Å². The molecule has 1 aromatic heterocycles. The van der Waals surface area contributed by atoms with E-state index in [1.807, 2.05) is 6.92 Å². The second-order valence-corrected chi connectivity index (χ2v) is 8.35. The molecule has 0 amide bonds. The monoisotopic (exact) mass is 288 g/mol. The minimum absolute atomic E-state index is 0.357. The molecule has 18 heavy (non-hydrogen) atoms. The lowest BCUT2D eigenvalue weighted by molar-refractivity contribution is 0.299. The highest BCUT2D eigenvalue weighted by Crippen LogP contribution is 2.22. The average molecular weight is 288 g/mol. The summed E-state index contributed by atoms with van der Waals surface area (Å²) in [5, 5.41) is 3.20. The summed E-state index contributed by atoms with van der Waals surface area (Å²) in [6.45, 7) is 3.81. The number of aryl methyl sites for hydroxylation is 1. The molecule has 102 valence electrons. The van der Waals surface area contributed by atoms with Crippen molar-refractivity contribution in [2.24, 2.45) is 5.92 Å². The molecule has 0 unspecified atom stereocenters. The minimum atomic E-state index is -2.73. The maximum Gasteiger partial charge on any atom is 0.150 e. The average Bonchev–Trinajstić information content (AvgIpc) is 2.82. The van der Waals surface area contributed by atoms with Gasteiger partial charge in [-0.05, 0) is 39.3 Å². The summed E-state index contributed by atoms with van der Waals surface area (Å²) < 4.78 is 22.7. The third kappa shape index (κ3) is 4.03. The topological polar surface area (TPSA) is 50.3 Å². The number of aromatic nitrogens is 1. The highest BCUT2D eigenvalue weighted by atomic mass is 32.2. The molecule has 0 saturated carbocycles. The van der Waals surface area contributed by atoms with E-state index >= 15 is 0 Å². The lowest BCUT2D eigenvalue weighted by atomic mass is 10.1. The first-order valence-corrected chi connectivity index (χ1v) is 8.95. The molecule has 1 aromatic rings. The smallest absolute Gasteiger partial charge is 0.150 e. The Kier molecular flexibility index (Phi) is 4.40. The Balaban J connectivity index is 1.74. The van der Waals surface area contributed by atoms with E-state index in [-0.39, 0.29) is 0 Å². The lowest BCUT2D eigenvalue weighted by Crippen LogP contribution is -2.21. The summed E-state index contributed by atoms with van der Waals surface area (Å²) in [6.07, 6.45) is 1.81. The number of hydrogen-bond acceptors (Lipinski definition) is 5. The Labute approximate surface area is 113 Å². The number of nitrogens with zero attached hydrogens (tertiary/aromatic N) is 2. The van der Waals surface area contributed by atoms with Crippen LogP contribution in [-0.2, 0) is 16.4 Å². The van der Waals surface area contributed by atoms with Crippen LogP contribution in [0, 0.1) is 12.8 Å². The Hall–Kier alpha value is -0.460. The molecule has 0 spiro atoms. The highest BCUT2D eigenvalue weighted by Gasteiger charge is 2.27. The van der Waals surface area contributed by atoms with Crippen molar-refractivity contribution in [1.29, 1.82) is 0 Å². The molecule has 2 rings (SSSR count). The normalized spacial score (nSPS) is 22.7. The molecule has 0 bridgehead atoms. The highest BCUT2D eigenvalue weighted by molar-refractivity contribution is 7.91. The van der Waals surface area contributed by atoms with Gasteiger partial charge in [0.2, 0.25) is 0 Å². The molecular formula is C12H20N2O2S2. The van der Waals surface area contributed by atoms with Crippen molar-refractivity contribution in [3.63, 3.8) is 0 Å². The third-order valence-electron chi connectivity index (χ3n) is 3.32. The van der Waals surface area contributed by atoms with Crippen LogP contribution in [0.1, 0.15) is 23.5 Å². The van der Waals surface area contributed by atoms with Gasteiger partial charge < -0.3 is 0 Å². The van der Waals surface area contributed by atoms with Crippen molar-refractivity contribution in [3.05, 3.63) is 16.1 Å². The van der Waals surface area contributed by atoms with Gasteiger partial charge in [-0.2, -0.15) is 0 Å². The van der Waals surface area contributed by atoms with Crippen molar-refractivity contribution in [3.8, 4) is 0 Å². The molecule has 0 aromatic carbocycles. The van der Waals surface area contributed by atoms with Gasteiger partial charge >= 0.3 is 0 Å². The van der Waals surface area contributed by atoms with Crippen molar-refractivity contribution >= 4 is 21.2 Å². The van der Waals surface area contributed by atoms with Crippen LogP contribution in [-0.4, -0.2) is 43.4 Å². The molecule has 0 aliphatic carbocycles. The summed E-state index contributed by atoms with van der Waals surface area (Å²) in [5.74, 6) is 1.13. The summed E-state index contributed by atoms with van der Waals surface area (Å²) >= 11 is 1.69. The van der Waals surface area contributed by atoms with Gasteiger partial charge in [0.15, 0.2) is 9.84 Å². The van der Waals surface area contributed by atoms with Crippen molar-refractivity contribution in [1.82, 2.24) is 9.88 Å². The maximum absolute atomic E-state index is 11.4. The Bertz CT molecular complexity index is 496. The van der Waals surface area contributed by atoms with Crippen LogP contribution in [0.25, 0.3) is 0 Å². The molecule has 1 aliphatic heterocycles. The fourth-order valence-electron chi connectivity index (χ4n) is 2.29. The molecular weight excluding hydrogens is 268 g/mol. The number of hydrogen-bond donors (Lipinski definition) is 0. The van der Waals surface area contributed by atoms with Crippen molar-refractivity contribution < 1.29 is 8.42 Å². The zero-order chi connectivity index (χ0) is 13.2. The minimum Gasteiger partial charge on any atom is -0.300 e. The molecule has 1 atom stereocenters. The van der Waals surface area contributed by atoms with Crippen LogP contribution in [0.4, 0.5) is 0 Å². The first kappa shape index (κ1) is 14.0. The first-order valence-electron chi connectivity index (χ1n) is 6.24. The quantitative estimate of drug-likeness (QED) is 0.827. The molecule has 1 saturated heterocycles. The first-order chi connectivity index (χ1) is 8.44. The van der Waals surface area contributed by atoms with E-state index < -0.39 is 9.84 Å². The second-order valence-electron chi connectivity index (χ2n) is 5.18. The van der Waals surface area contributed by atoms with Crippen LogP contribution >= 0.6 is 11.3 Å². The van der Waals surface area contributed by atoms with E-state index in [9.17, 15) is 8.42 Å². The summed E-state index contributed by atoms with van der Waals surface area (Å²) in [6, 6.07) is 0. The maximum atomic E-state index is 11.4. The fraction of sp³-hybridized carbons (Fsp3) is 0.750. The van der Waals surface area contributed by atoms with Gasteiger partial charge in [0.05, 0.1) is 18.1 Å². The SMILES string of the molecule is Cc1csc(CN(C)CC[C@H]2CCS(=O)(=O)C2)n1. The van der Waals surface area contributed by atoms with Crippen LogP contribution in [0.5, 0.6) is 0 Å². The molecule has 0 N–H and O–H groups in total. The number of sulfone groups is 1. The van der Waals surface area contributed by atoms with Crippen LogP contribution < -0.4 is 0 Å². The molecule has 1 fully saturated rings. The Morgan fingerprint density at radius 2 is 2.33 bits per heavy atom. The second kappa shape index (κ2) is 5.67. The van der Waals surface area contributed by atoms with Gasteiger partial charge in [0.1, 0.15) is 5.01 Å². The van der Waals surface area contributed by atoms with Crippen molar-refractivity contribution in [2.75, 3.05) is 25.1 Å². The third-order valence-corrected chi connectivity index (χ3v) is 6.11. The lowest BCUT2D eigenvalue weighted by Gasteiger charge is -2.17. The summed E-state index contributed by atoms with van der Waals surface area (Å²) in [5.41, 5.74) is 1.07. The standard InChI is InChI=1S/C12H20N2O2S2/c1-10-8-17-12(13-10)7-14(2)5-3-11-4-6-18(15,16)9-11/h8,11H,3-7,9H2,1-2H3/t11-/m0/s1. The predicted molar refractivity (Wildman–Crippen MR) is 74.6 cm³/mol. The molecule has 4 nitrogen and oxygen atoms in total. The van der Waals surface area contributed by atoms with E-state index in [1.165, 1.54) is 0 Å². The van der Waals surface area contributed by atoms with E-state index in [4.69, 9.17) is 0 Å². The van der Waals surface area contributed by atoms with E-state index in [2.05, 4.69) is 22.3 Å². The Morgan fingerprint density at radius 3 is 2.89 bits per heavy atom. The fourth-order valence-corrected chi connectivity index (χ4v) is 5.05. The molecule has 2 heterocycles. The molecule has 6 heteroatoms. The zero-order valence-electron chi connectivity index (χ0n) is 10.9.